The molecule has 0 aliphatic carbocycles. The second-order valence-electron chi connectivity index (χ2n) is 4.87. The normalized spacial score (nSPS) is 10.8. The van der Waals surface area contributed by atoms with E-state index in [0.29, 0.717) is 21.9 Å². The van der Waals surface area contributed by atoms with Gasteiger partial charge < -0.3 is 9.72 Å². The molecule has 3 aromatic rings. The molecule has 0 atom stereocenters. The molecule has 0 saturated heterocycles. The number of benzene rings is 1. The number of aromatic nitrogens is 2. The molecule has 1 aromatic carbocycles. The van der Waals surface area contributed by atoms with Gasteiger partial charge in [-0.05, 0) is 30.0 Å². The molecule has 0 aliphatic heterocycles. The third-order valence-corrected chi connectivity index (χ3v) is 4.28. The van der Waals surface area contributed by atoms with E-state index in [1.54, 1.807) is 30.4 Å². The van der Waals surface area contributed by atoms with Crippen LogP contribution in [0.25, 0.3) is 10.9 Å². The summed E-state index contributed by atoms with van der Waals surface area (Å²) in [5.41, 5.74) is -0.289. The Labute approximate surface area is 135 Å². The summed E-state index contributed by atoms with van der Waals surface area (Å²) in [5, 5.41) is 2.28. The second kappa shape index (κ2) is 6.21. The number of thiophene rings is 1. The predicted molar refractivity (Wildman–Crippen MR) is 88.4 cm³/mol. The van der Waals surface area contributed by atoms with Gasteiger partial charge in [-0.25, -0.2) is 9.59 Å². The van der Waals surface area contributed by atoms with Crippen LogP contribution in [0.3, 0.4) is 0 Å². The quantitative estimate of drug-likeness (QED) is 0.799. The zero-order chi connectivity index (χ0) is 16.4. The maximum atomic E-state index is 12.7. The van der Waals surface area contributed by atoms with Crippen LogP contribution in [-0.4, -0.2) is 22.3 Å². The Hall–Kier alpha value is -2.67. The Kier molecular flexibility index (Phi) is 4.12. The van der Waals surface area contributed by atoms with Crippen LogP contribution >= 0.6 is 11.3 Å². The highest BCUT2D eigenvalue weighted by atomic mass is 32.1. The molecule has 7 heteroatoms. The summed E-state index contributed by atoms with van der Waals surface area (Å²) in [6.45, 7) is 1.69. The molecule has 0 aliphatic rings. The van der Waals surface area contributed by atoms with Gasteiger partial charge in [0.2, 0.25) is 0 Å². The Morgan fingerprint density at radius 1 is 1.26 bits per heavy atom. The predicted octanol–water partition coefficient (Wildman–Crippen LogP) is 2.35. The van der Waals surface area contributed by atoms with Crippen LogP contribution in [0.4, 0.5) is 4.79 Å². The third-order valence-electron chi connectivity index (χ3n) is 3.41. The van der Waals surface area contributed by atoms with Gasteiger partial charge in [0.1, 0.15) is 0 Å². The van der Waals surface area contributed by atoms with Crippen LogP contribution in [0.5, 0.6) is 0 Å². The molecule has 2 heterocycles. The van der Waals surface area contributed by atoms with Gasteiger partial charge in [-0.2, -0.15) is 4.57 Å². The second-order valence-corrected chi connectivity index (χ2v) is 5.90. The van der Waals surface area contributed by atoms with E-state index in [1.807, 2.05) is 23.6 Å². The number of aromatic amines is 1. The number of H-pyrrole nitrogens is 1. The minimum absolute atomic E-state index is 0.0829. The number of carbonyl (C=O) groups is 1. The van der Waals surface area contributed by atoms with E-state index in [2.05, 4.69) is 4.98 Å². The Morgan fingerprint density at radius 3 is 2.78 bits per heavy atom. The molecule has 23 heavy (non-hydrogen) atoms. The van der Waals surface area contributed by atoms with Crippen molar-refractivity contribution in [2.45, 2.75) is 13.3 Å². The molecular formula is C16H14N2O4S. The largest absolute Gasteiger partial charge is 0.449 e. The first kappa shape index (κ1) is 15.2. The number of rotatable bonds is 3. The molecule has 0 bridgehead atoms. The highest BCUT2D eigenvalue weighted by Crippen LogP contribution is 2.19. The van der Waals surface area contributed by atoms with E-state index in [-0.39, 0.29) is 6.61 Å². The summed E-state index contributed by atoms with van der Waals surface area (Å²) in [5.74, 6) is 0. The van der Waals surface area contributed by atoms with Crippen LogP contribution in [0.2, 0.25) is 0 Å². The number of nitrogens with zero attached hydrogens (tertiary/aromatic N) is 1. The van der Waals surface area contributed by atoms with E-state index in [4.69, 9.17) is 4.74 Å². The third kappa shape index (κ3) is 2.83. The molecule has 6 nitrogen and oxygen atoms in total. The van der Waals surface area contributed by atoms with Crippen molar-refractivity contribution in [3.05, 3.63) is 67.0 Å². The molecule has 118 valence electrons. The first-order chi connectivity index (χ1) is 11.1. The highest BCUT2D eigenvalue weighted by Gasteiger charge is 2.17. The molecule has 0 fully saturated rings. The summed E-state index contributed by atoms with van der Waals surface area (Å²) in [6.07, 6.45) is -0.411. The lowest BCUT2D eigenvalue weighted by Crippen LogP contribution is -2.40. The molecule has 1 N–H and O–H groups in total. The van der Waals surface area contributed by atoms with Gasteiger partial charge >= 0.3 is 11.8 Å². The van der Waals surface area contributed by atoms with Crippen LogP contribution in [0, 0.1) is 0 Å². The van der Waals surface area contributed by atoms with Gasteiger partial charge in [0.05, 0.1) is 17.5 Å². The van der Waals surface area contributed by atoms with Crippen molar-refractivity contribution >= 4 is 28.3 Å². The first-order valence-electron chi connectivity index (χ1n) is 7.08. The molecule has 0 amide bonds. The monoisotopic (exact) mass is 330 g/mol. The van der Waals surface area contributed by atoms with E-state index in [9.17, 15) is 14.4 Å². The van der Waals surface area contributed by atoms with E-state index >= 15 is 0 Å². The fraction of sp³-hybridized carbons (Fsp3) is 0.188. The summed E-state index contributed by atoms with van der Waals surface area (Å²) < 4.78 is 5.29. The SMILES string of the molecule is CCOC(=O)n1c(=O)[nH]c2cccc(Cc3cccs3)c2c1=O. The molecular weight excluding hydrogens is 316 g/mol. The van der Waals surface area contributed by atoms with E-state index in [1.165, 1.54) is 0 Å². The van der Waals surface area contributed by atoms with E-state index in [0.717, 1.165) is 10.4 Å². The van der Waals surface area contributed by atoms with Gasteiger partial charge in [0, 0.05) is 11.3 Å². The molecule has 0 spiro atoms. The maximum absolute atomic E-state index is 12.7. The standard InChI is InChI=1S/C16H14N2O4S/c1-2-22-16(21)18-14(19)13-10(9-11-6-4-8-23-11)5-3-7-12(13)17-15(18)20/h3-8H,2,9H2,1H3,(H,17,20). The van der Waals surface area contributed by atoms with Crippen LogP contribution in [0.15, 0.2) is 45.3 Å². The van der Waals surface area contributed by atoms with Crippen molar-refractivity contribution in [3.8, 4) is 0 Å². The number of carbonyl (C=O) groups excluding carboxylic acids is 1. The van der Waals surface area contributed by atoms with Crippen molar-refractivity contribution in [3.63, 3.8) is 0 Å². The minimum Gasteiger partial charge on any atom is -0.449 e. The lowest BCUT2D eigenvalue weighted by atomic mass is 10.1. The number of hydrogen-bond donors (Lipinski definition) is 1. The minimum atomic E-state index is -0.966. The average Bonchev–Trinajstić information content (AvgIpc) is 3.00. The van der Waals surface area contributed by atoms with Gasteiger partial charge in [0.15, 0.2) is 0 Å². The fourth-order valence-corrected chi connectivity index (χ4v) is 3.16. The zero-order valence-electron chi connectivity index (χ0n) is 12.4. The molecule has 0 radical (unpaired) electrons. The zero-order valence-corrected chi connectivity index (χ0v) is 13.2. The Balaban J connectivity index is 2.23. The summed E-state index contributed by atoms with van der Waals surface area (Å²) >= 11 is 1.58. The molecule has 0 unspecified atom stereocenters. The topological polar surface area (TPSA) is 81.2 Å². The van der Waals surface area contributed by atoms with Gasteiger partial charge in [0.25, 0.3) is 5.56 Å². The van der Waals surface area contributed by atoms with Crippen molar-refractivity contribution in [1.29, 1.82) is 0 Å². The Bertz CT molecular complexity index is 970. The van der Waals surface area contributed by atoms with Gasteiger partial charge in [-0.1, -0.05) is 18.2 Å². The van der Waals surface area contributed by atoms with Crippen LogP contribution < -0.4 is 11.2 Å². The van der Waals surface area contributed by atoms with Crippen LogP contribution in [0.1, 0.15) is 17.4 Å². The van der Waals surface area contributed by atoms with E-state index < -0.39 is 17.3 Å². The summed E-state index contributed by atoms with van der Waals surface area (Å²) in [4.78, 5) is 40.2. The number of nitrogens with one attached hydrogen (secondary N) is 1. The fourth-order valence-electron chi connectivity index (χ4n) is 2.43. The first-order valence-corrected chi connectivity index (χ1v) is 7.96. The number of fused-ring (bicyclic) bond motifs is 1. The number of hydrogen-bond acceptors (Lipinski definition) is 5. The van der Waals surface area contributed by atoms with Crippen molar-refractivity contribution < 1.29 is 9.53 Å². The average molecular weight is 330 g/mol. The molecule has 2 aromatic heterocycles. The van der Waals surface area contributed by atoms with Crippen LogP contribution in [-0.2, 0) is 11.2 Å². The van der Waals surface area contributed by atoms with Crippen molar-refractivity contribution in [2.75, 3.05) is 6.61 Å². The van der Waals surface area contributed by atoms with Crippen molar-refractivity contribution in [2.24, 2.45) is 0 Å². The maximum Gasteiger partial charge on any atom is 0.425 e. The highest BCUT2D eigenvalue weighted by molar-refractivity contribution is 7.09. The number of ether oxygens (including phenoxy) is 1. The van der Waals surface area contributed by atoms with Gasteiger partial charge in [-0.3, -0.25) is 4.79 Å². The molecule has 0 saturated carbocycles. The smallest absolute Gasteiger partial charge is 0.425 e. The van der Waals surface area contributed by atoms with Crippen molar-refractivity contribution in [1.82, 2.24) is 9.55 Å². The lowest BCUT2D eigenvalue weighted by molar-refractivity contribution is 0.152. The Morgan fingerprint density at radius 2 is 2.09 bits per heavy atom. The summed E-state index contributed by atoms with van der Waals surface area (Å²) in [6, 6.07) is 9.14. The molecule has 3 rings (SSSR count). The summed E-state index contributed by atoms with van der Waals surface area (Å²) in [7, 11) is 0. The lowest BCUT2D eigenvalue weighted by Gasteiger charge is -2.08. The van der Waals surface area contributed by atoms with Gasteiger partial charge in [-0.15, -0.1) is 11.3 Å².